The van der Waals surface area contributed by atoms with Crippen molar-refractivity contribution < 1.29 is 14.3 Å². The van der Waals surface area contributed by atoms with E-state index in [1.807, 2.05) is 11.8 Å². The molecule has 0 bridgehead atoms. The molecule has 0 aromatic carbocycles. The third kappa shape index (κ3) is 3.20. The van der Waals surface area contributed by atoms with E-state index < -0.39 is 0 Å². The summed E-state index contributed by atoms with van der Waals surface area (Å²) in [5, 5.41) is 0. The molecule has 0 aliphatic carbocycles. The Morgan fingerprint density at radius 2 is 2.18 bits per heavy atom. The Balaban J connectivity index is 1.57. The molecular formula is C13H21NO3. The third-order valence-corrected chi connectivity index (χ3v) is 3.68. The van der Waals surface area contributed by atoms with Crippen LogP contribution in [0.4, 0.5) is 0 Å². The molecule has 2 aliphatic heterocycles. The Morgan fingerprint density at radius 1 is 1.35 bits per heavy atom. The van der Waals surface area contributed by atoms with Crippen molar-refractivity contribution in [3.05, 3.63) is 0 Å². The van der Waals surface area contributed by atoms with E-state index in [0.29, 0.717) is 5.91 Å². The van der Waals surface area contributed by atoms with Gasteiger partial charge in [-0.1, -0.05) is 6.92 Å². The third-order valence-electron chi connectivity index (χ3n) is 3.68. The quantitative estimate of drug-likeness (QED) is 0.542. The molecule has 4 heteroatoms. The van der Waals surface area contributed by atoms with Crippen LogP contribution in [0.1, 0.15) is 45.4 Å². The van der Waals surface area contributed by atoms with Crippen LogP contribution in [0.3, 0.4) is 0 Å². The first-order valence-electron chi connectivity index (χ1n) is 6.65. The van der Waals surface area contributed by atoms with Gasteiger partial charge in [0.1, 0.15) is 6.10 Å². The number of amides is 1. The van der Waals surface area contributed by atoms with Crippen molar-refractivity contribution in [1.29, 1.82) is 0 Å². The minimum atomic E-state index is -0.0512. The highest BCUT2D eigenvalue weighted by Crippen LogP contribution is 2.24. The first-order chi connectivity index (χ1) is 8.16. The zero-order valence-corrected chi connectivity index (χ0v) is 10.5. The van der Waals surface area contributed by atoms with Crippen molar-refractivity contribution in [1.82, 2.24) is 4.90 Å². The average molecular weight is 239 g/mol. The number of ether oxygens (including phenoxy) is 1. The average Bonchev–Trinajstić information content (AvgIpc) is 2.82. The van der Waals surface area contributed by atoms with Crippen LogP contribution in [-0.2, 0) is 14.3 Å². The van der Waals surface area contributed by atoms with Gasteiger partial charge in [-0.25, -0.2) is 0 Å². The number of hydrogen-bond donors (Lipinski definition) is 0. The second kappa shape index (κ2) is 5.52. The molecule has 0 spiro atoms. The van der Waals surface area contributed by atoms with Crippen LogP contribution < -0.4 is 0 Å². The lowest BCUT2D eigenvalue weighted by molar-refractivity contribution is -0.144. The van der Waals surface area contributed by atoms with Crippen LogP contribution in [0.5, 0.6) is 0 Å². The minimum absolute atomic E-state index is 0.0512. The summed E-state index contributed by atoms with van der Waals surface area (Å²) in [6.07, 6.45) is 5.71. The van der Waals surface area contributed by atoms with E-state index in [1.54, 1.807) is 0 Å². The van der Waals surface area contributed by atoms with Crippen molar-refractivity contribution in [3.63, 3.8) is 0 Å². The van der Waals surface area contributed by atoms with E-state index in [2.05, 4.69) is 0 Å². The largest absolute Gasteiger partial charge is 0.462 e. The standard InChI is InChI=1S/C13H21NO3/c1-10-9-11(17-13(10)16)5-2-3-7-14-8-4-6-12(14)15/h10-11H,2-9H2,1H3/t10-,11-/m1/s1. The van der Waals surface area contributed by atoms with Gasteiger partial charge in [0, 0.05) is 19.5 Å². The molecule has 2 heterocycles. The first kappa shape index (κ1) is 12.4. The number of rotatable bonds is 5. The molecule has 0 aromatic rings. The summed E-state index contributed by atoms with van der Waals surface area (Å²) in [5.74, 6) is 0.316. The molecule has 0 saturated carbocycles. The van der Waals surface area contributed by atoms with E-state index in [0.717, 1.165) is 51.6 Å². The fourth-order valence-corrected chi connectivity index (χ4v) is 2.61. The summed E-state index contributed by atoms with van der Waals surface area (Å²) in [6, 6.07) is 0. The van der Waals surface area contributed by atoms with Gasteiger partial charge in [0.2, 0.25) is 5.91 Å². The molecule has 0 N–H and O–H groups in total. The Bertz CT molecular complexity index is 303. The van der Waals surface area contributed by atoms with Crippen molar-refractivity contribution in [3.8, 4) is 0 Å². The lowest BCUT2D eigenvalue weighted by atomic mass is 10.0. The number of nitrogens with zero attached hydrogens (tertiary/aromatic N) is 1. The van der Waals surface area contributed by atoms with Crippen LogP contribution in [0.2, 0.25) is 0 Å². The highest BCUT2D eigenvalue weighted by molar-refractivity contribution is 5.78. The summed E-state index contributed by atoms with van der Waals surface area (Å²) in [5.41, 5.74) is 0. The predicted molar refractivity (Wildman–Crippen MR) is 63.3 cm³/mol. The highest BCUT2D eigenvalue weighted by Gasteiger charge is 2.30. The molecule has 2 aliphatic rings. The van der Waals surface area contributed by atoms with Gasteiger partial charge in [0.05, 0.1) is 5.92 Å². The Hall–Kier alpha value is -1.06. The summed E-state index contributed by atoms with van der Waals surface area (Å²) < 4.78 is 5.25. The molecule has 1 amide bonds. The van der Waals surface area contributed by atoms with Crippen LogP contribution >= 0.6 is 0 Å². The molecule has 2 saturated heterocycles. The lowest BCUT2D eigenvalue weighted by Crippen LogP contribution is -2.25. The summed E-state index contributed by atoms with van der Waals surface area (Å²) in [4.78, 5) is 24.5. The Kier molecular flexibility index (Phi) is 4.02. The van der Waals surface area contributed by atoms with Gasteiger partial charge in [0.15, 0.2) is 0 Å². The van der Waals surface area contributed by atoms with Crippen molar-refractivity contribution in [2.24, 2.45) is 5.92 Å². The fraction of sp³-hybridized carbons (Fsp3) is 0.846. The zero-order chi connectivity index (χ0) is 12.3. The monoisotopic (exact) mass is 239 g/mol. The number of unbranched alkanes of at least 4 members (excludes halogenated alkanes) is 1. The fourth-order valence-electron chi connectivity index (χ4n) is 2.61. The lowest BCUT2D eigenvalue weighted by Gasteiger charge is -2.15. The van der Waals surface area contributed by atoms with Crippen LogP contribution in [-0.4, -0.2) is 36.0 Å². The van der Waals surface area contributed by atoms with Gasteiger partial charge in [-0.15, -0.1) is 0 Å². The molecular weight excluding hydrogens is 218 g/mol. The zero-order valence-electron chi connectivity index (χ0n) is 10.5. The molecule has 2 fully saturated rings. The SMILES string of the molecule is C[C@@H]1C[C@@H](CCCCN2CCCC2=O)OC1=O. The molecule has 2 rings (SSSR count). The molecule has 0 unspecified atom stereocenters. The van der Waals surface area contributed by atoms with Gasteiger partial charge >= 0.3 is 5.97 Å². The molecule has 4 nitrogen and oxygen atoms in total. The van der Waals surface area contributed by atoms with Gasteiger partial charge in [-0.3, -0.25) is 9.59 Å². The number of carbonyl (C=O) groups is 2. The van der Waals surface area contributed by atoms with E-state index >= 15 is 0 Å². The van der Waals surface area contributed by atoms with Gasteiger partial charge in [0.25, 0.3) is 0 Å². The molecule has 17 heavy (non-hydrogen) atoms. The second-order valence-electron chi connectivity index (χ2n) is 5.18. The normalized spacial score (nSPS) is 28.9. The topological polar surface area (TPSA) is 46.6 Å². The van der Waals surface area contributed by atoms with Crippen molar-refractivity contribution in [2.45, 2.75) is 51.6 Å². The smallest absolute Gasteiger partial charge is 0.309 e. The van der Waals surface area contributed by atoms with Gasteiger partial charge < -0.3 is 9.64 Å². The Morgan fingerprint density at radius 3 is 2.76 bits per heavy atom. The number of likely N-dealkylation sites (tertiary alicyclic amines) is 1. The highest BCUT2D eigenvalue weighted by atomic mass is 16.5. The number of carbonyl (C=O) groups excluding carboxylic acids is 2. The maximum absolute atomic E-state index is 11.4. The minimum Gasteiger partial charge on any atom is -0.462 e. The maximum atomic E-state index is 11.4. The molecule has 2 atom stereocenters. The van der Waals surface area contributed by atoms with E-state index in [9.17, 15) is 9.59 Å². The number of cyclic esters (lactones) is 1. The summed E-state index contributed by atoms with van der Waals surface area (Å²) in [6.45, 7) is 3.72. The summed E-state index contributed by atoms with van der Waals surface area (Å²) in [7, 11) is 0. The second-order valence-corrected chi connectivity index (χ2v) is 5.18. The maximum Gasteiger partial charge on any atom is 0.309 e. The van der Waals surface area contributed by atoms with Gasteiger partial charge in [-0.05, 0) is 32.1 Å². The number of hydrogen-bond acceptors (Lipinski definition) is 3. The van der Waals surface area contributed by atoms with Gasteiger partial charge in [-0.2, -0.15) is 0 Å². The van der Waals surface area contributed by atoms with Crippen LogP contribution in [0.15, 0.2) is 0 Å². The van der Waals surface area contributed by atoms with Crippen LogP contribution in [0.25, 0.3) is 0 Å². The molecule has 0 aromatic heterocycles. The van der Waals surface area contributed by atoms with E-state index in [1.165, 1.54) is 0 Å². The van der Waals surface area contributed by atoms with E-state index in [-0.39, 0.29) is 18.0 Å². The van der Waals surface area contributed by atoms with Crippen LogP contribution in [0, 0.1) is 5.92 Å². The summed E-state index contributed by atoms with van der Waals surface area (Å²) >= 11 is 0. The predicted octanol–water partition coefficient (Wildman–Crippen LogP) is 1.73. The Labute approximate surface area is 102 Å². The molecule has 0 radical (unpaired) electrons. The van der Waals surface area contributed by atoms with Crippen molar-refractivity contribution in [2.75, 3.05) is 13.1 Å². The van der Waals surface area contributed by atoms with E-state index in [4.69, 9.17) is 4.74 Å². The number of esters is 1. The van der Waals surface area contributed by atoms with Crippen molar-refractivity contribution >= 4 is 11.9 Å². The molecule has 96 valence electrons. The first-order valence-corrected chi connectivity index (χ1v) is 6.65.